The molecule has 4 rings (SSSR count). The zero-order chi connectivity index (χ0) is 20.2. The summed E-state index contributed by atoms with van der Waals surface area (Å²) in [4.78, 5) is 17.0. The highest BCUT2D eigenvalue weighted by molar-refractivity contribution is 5.38. The Morgan fingerprint density at radius 2 is 1.97 bits per heavy atom. The maximum absolute atomic E-state index is 12.8. The maximum atomic E-state index is 12.8. The predicted octanol–water partition coefficient (Wildman–Crippen LogP) is 4.50. The van der Waals surface area contributed by atoms with Gasteiger partial charge in [0.05, 0.1) is 11.7 Å². The van der Waals surface area contributed by atoms with Gasteiger partial charge < -0.3 is 9.30 Å². The van der Waals surface area contributed by atoms with Crippen LogP contribution in [0, 0.1) is 24.7 Å². The molecule has 4 nitrogen and oxygen atoms in total. The Bertz CT molecular complexity index is 1100. The van der Waals surface area contributed by atoms with Crippen molar-refractivity contribution >= 4 is 0 Å². The van der Waals surface area contributed by atoms with Gasteiger partial charge in [0.2, 0.25) is 0 Å². The highest BCUT2D eigenvalue weighted by atomic mass is 16.5. The molecule has 1 saturated carbocycles. The van der Waals surface area contributed by atoms with Crippen LogP contribution in [0.2, 0.25) is 0 Å². The third-order valence-electron chi connectivity index (χ3n) is 5.13. The highest BCUT2D eigenvalue weighted by Crippen LogP contribution is 2.27. The molecule has 2 heterocycles. The summed E-state index contributed by atoms with van der Waals surface area (Å²) in [6.45, 7) is 4.30. The topological polar surface area (TPSA) is 44.1 Å². The summed E-state index contributed by atoms with van der Waals surface area (Å²) in [7, 11) is 0. The van der Waals surface area contributed by atoms with Gasteiger partial charge in [0.1, 0.15) is 12.4 Å². The lowest BCUT2D eigenvalue weighted by atomic mass is 10.1. The quantitative estimate of drug-likeness (QED) is 0.608. The van der Waals surface area contributed by atoms with Crippen LogP contribution in [0.15, 0.2) is 65.6 Å². The first-order valence-corrected chi connectivity index (χ1v) is 9.97. The van der Waals surface area contributed by atoms with E-state index in [-0.39, 0.29) is 11.6 Å². The smallest absolute Gasteiger partial charge is 0.254 e. The summed E-state index contributed by atoms with van der Waals surface area (Å²) in [5.41, 5.74) is 3.71. The largest absolute Gasteiger partial charge is 0.487 e. The summed E-state index contributed by atoms with van der Waals surface area (Å²) in [6.07, 6.45) is 4.18. The molecule has 0 radical (unpaired) electrons. The Morgan fingerprint density at radius 3 is 2.62 bits per heavy atom. The fourth-order valence-corrected chi connectivity index (χ4v) is 3.31. The molecule has 1 atom stereocenters. The van der Waals surface area contributed by atoms with Crippen molar-refractivity contribution in [2.45, 2.75) is 39.3 Å². The van der Waals surface area contributed by atoms with Crippen molar-refractivity contribution in [2.24, 2.45) is 5.92 Å². The van der Waals surface area contributed by atoms with E-state index in [0.29, 0.717) is 18.3 Å². The van der Waals surface area contributed by atoms with Gasteiger partial charge in [-0.05, 0) is 62.6 Å². The van der Waals surface area contributed by atoms with Crippen LogP contribution in [0.25, 0.3) is 0 Å². The molecule has 0 bridgehead atoms. The lowest BCUT2D eigenvalue weighted by Crippen LogP contribution is -2.25. The number of aromatic nitrogens is 2. The van der Waals surface area contributed by atoms with Crippen molar-refractivity contribution in [3.63, 3.8) is 0 Å². The average molecular weight is 384 g/mol. The number of benzene rings is 1. The molecule has 1 fully saturated rings. The van der Waals surface area contributed by atoms with Crippen LogP contribution in [0.1, 0.15) is 48.3 Å². The Labute approximate surface area is 171 Å². The Kier molecular flexibility index (Phi) is 5.48. The van der Waals surface area contributed by atoms with E-state index < -0.39 is 0 Å². The summed E-state index contributed by atoms with van der Waals surface area (Å²) in [6, 6.07) is 17.2. The van der Waals surface area contributed by atoms with E-state index in [4.69, 9.17) is 4.74 Å². The fraction of sp³-hybridized carbons (Fsp3) is 0.280. The maximum Gasteiger partial charge on any atom is 0.254 e. The molecule has 0 unspecified atom stereocenters. The molecule has 0 spiro atoms. The minimum Gasteiger partial charge on any atom is -0.487 e. The summed E-state index contributed by atoms with van der Waals surface area (Å²) in [5.74, 6) is 7.66. The van der Waals surface area contributed by atoms with E-state index in [2.05, 4.69) is 29.0 Å². The van der Waals surface area contributed by atoms with E-state index in [1.54, 1.807) is 16.8 Å². The SMILES string of the molecule is Cc1cc(OCc2ccccn2)cc(=O)n1[C@H](C)c1ccc(C#CC2CC2)cc1. The molecule has 0 N–H and O–H groups in total. The lowest BCUT2D eigenvalue weighted by molar-refractivity contribution is 0.299. The molecule has 0 aliphatic heterocycles. The van der Waals surface area contributed by atoms with E-state index in [9.17, 15) is 4.79 Å². The normalized spacial score (nSPS) is 14.0. The van der Waals surface area contributed by atoms with Gasteiger partial charge in [-0.25, -0.2) is 0 Å². The zero-order valence-corrected chi connectivity index (χ0v) is 16.8. The summed E-state index contributed by atoms with van der Waals surface area (Å²) >= 11 is 0. The van der Waals surface area contributed by atoms with Crippen LogP contribution >= 0.6 is 0 Å². The van der Waals surface area contributed by atoms with Crippen molar-refractivity contribution in [2.75, 3.05) is 0 Å². The summed E-state index contributed by atoms with van der Waals surface area (Å²) in [5, 5.41) is 0. The molecule has 2 aromatic heterocycles. The number of aryl methyl sites for hydroxylation is 1. The van der Waals surface area contributed by atoms with Gasteiger partial charge in [-0.1, -0.05) is 30.0 Å². The monoisotopic (exact) mass is 384 g/mol. The first kappa shape index (κ1) is 19.0. The molecular formula is C25H24N2O2. The number of pyridine rings is 2. The molecule has 1 aliphatic rings. The molecular weight excluding hydrogens is 360 g/mol. The van der Waals surface area contributed by atoms with Gasteiger partial charge in [-0.3, -0.25) is 9.78 Å². The van der Waals surface area contributed by atoms with Crippen molar-refractivity contribution in [1.82, 2.24) is 9.55 Å². The average Bonchev–Trinajstić information content (AvgIpc) is 3.56. The van der Waals surface area contributed by atoms with Gasteiger partial charge >= 0.3 is 0 Å². The molecule has 29 heavy (non-hydrogen) atoms. The number of hydrogen-bond donors (Lipinski definition) is 0. The number of rotatable bonds is 5. The van der Waals surface area contributed by atoms with E-state index in [1.807, 2.05) is 50.2 Å². The second-order valence-corrected chi connectivity index (χ2v) is 7.49. The predicted molar refractivity (Wildman–Crippen MR) is 114 cm³/mol. The van der Waals surface area contributed by atoms with Crippen LogP contribution in [0.3, 0.4) is 0 Å². The second-order valence-electron chi connectivity index (χ2n) is 7.49. The van der Waals surface area contributed by atoms with Crippen molar-refractivity contribution in [3.8, 4) is 17.6 Å². The van der Waals surface area contributed by atoms with Crippen LogP contribution < -0.4 is 10.3 Å². The Morgan fingerprint density at radius 1 is 1.17 bits per heavy atom. The minimum atomic E-state index is -0.0777. The molecule has 3 aromatic rings. The Balaban J connectivity index is 1.50. The molecule has 4 heteroatoms. The van der Waals surface area contributed by atoms with Crippen LogP contribution in [-0.4, -0.2) is 9.55 Å². The minimum absolute atomic E-state index is 0.0715. The Hall–Kier alpha value is -3.32. The first-order chi connectivity index (χ1) is 14.1. The fourth-order valence-electron chi connectivity index (χ4n) is 3.31. The molecule has 1 aliphatic carbocycles. The van der Waals surface area contributed by atoms with Gasteiger partial charge in [0.15, 0.2) is 0 Å². The van der Waals surface area contributed by atoms with Crippen molar-refractivity contribution in [1.29, 1.82) is 0 Å². The van der Waals surface area contributed by atoms with E-state index >= 15 is 0 Å². The molecule has 1 aromatic carbocycles. The lowest BCUT2D eigenvalue weighted by Gasteiger charge is -2.19. The molecule has 146 valence electrons. The zero-order valence-electron chi connectivity index (χ0n) is 16.8. The van der Waals surface area contributed by atoms with Crippen molar-refractivity contribution < 1.29 is 4.74 Å². The third-order valence-corrected chi connectivity index (χ3v) is 5.13. The number of nitrogens with zero attached hydrogens (tertiary/aromatic N) is 2. The van der Waals surface area contributed by atoms with Crippen LogP contribution in [0.5, 0.6) is 5.75 Å². The molecule has 0 saturated heterocycles. The van der Waals surface area contributed by atoms with Gasteiger partial charge in [0.25, 0.3) is 5.56 Å². The van der Waals surface area contributed by atoms with E-state index in [1.165, 1.54) is 12.8 Å². The van der Waals surface area contributed by atoms with E-state index in [0.717, 1.165) is 22.5 Å². The van der Waals surface area contributed by atoms with Crippen LogP contribution in [0.4, 0.5) is 0 Å². The van der Waals surface area contributed by atoms with Gasteiger partial charge in [-0.15, -0.1) is 0 Å². The number of hydrogen-bond acceptors (Lipinski definition) is 3. The highest BCUT2D eigenvalue weighted by Gasteiger charge is 2.18. The second kappa shape index (κ2) is 8.36. The van der Waals surface area contributed by atoms with Gasteiger partial charge in [0, 0.05) is 29.4 Å². The first-order valence-electron chi connectivity index (χ1n) is 9.97. The summed E-state index contributed by atoms with van der Waals surface area (Å²) < 4.78 is 7.56. The third kappa shape index (κ3) is 4.75. The standard InChI is InChI=1S/C25H24N2O2/c1-18-15-24(29-17-23-5-3-4-14-26-23)16-25(28)27(18)19(2)22-12-10-21(11-13-22)9-8-20-6-7-20/h3-5,10-16,19-20H,6-7,17H2,1-2H3/t19-/m1/s1. The van der Waals surface area contributed by atoms with Crippen molar-refractivity contribution in [3.05, 3.63) is 93.7 Å². The number of ether oxygens (including phenoxy) is 1. The van der Waals surface area contributed by atoms with Crippen LogP contribution in [-0.2, 0) is 6.61 Å². The molecule has 0 amide bonds. The van der Waals surface area contributed by atoms with Gasteiger partial charge in [-0.2, -0.15) is 0 Å².